The molecule has 1 fully saturated rings. The van der Waals surface area contributed by atoms with Gasteiger partial charge < -0.3 is 14.5 Å². The molecule has 2 aromatic carbocycles. The molecule has 25 heavy (non-hydrogen) atoms. The Bertz CT molecular complexity index is 721. The molecular formula is C21H26N2O2. The second kappa shape index (κ2) is 8.06. The van der Waals surface area contributed by atoms with E-state index in [1.54, 1.807) is 7.11 Å². The summed E-state index contributed by atoms with van der Waals surface area (Å²) in [4.78, 5) is 16.9. The van der Waals surface area contributed by atoms with Crippen LogP contribution in [0.2, 0.25) is 0 Å². The number of piperazine rings is 1. The van der Waals surface area contributed by atoms with Crippen LogP contribution in [0.15, 0.2) is 48.5 Å². The lowest BCUT2D eigenvalue weighted by molar-refractivity contribution is -0.131. The summed E-state index contributed by atoms with van der Waals surface area (Å²) in [6.07, 6.45) is 1.26. The number of hydrogen-bond donors (Lipinski definition) is 0. The normalized spacial score (nSPS) is 14.5. The highest BCUT2D eigenvalue weighted by atomic mass is 16.5. The number of carbonyl (C=O) groups excluding carboxylic acids is 1. The average Bonchev–Trinajstić information content (AvgIpc) is 2.67. The Hall–Kier alpha value is -2.49. The number of carbonyl (C=O) groups is 1. The van der Waals surface area contributed by atoms with Crippen LogP contribution >= 0.6 is 0 Å². The Morgan fingerprint density at radius 2 is 1.68 bits per heavy atom. The standard InChI is InChI=1S/C21H26N2O2/c1-17-7-3-5-9-19(17)22-13-15-23(16-14-22)21(24)12-11-18-8-4-6-10-20(18)25-2/h3-10H,11-16H2,1-2H3. The van der Waals surface area contributed by atoms with E-state index in [2.05, 4.69) is 36.1 Å². The molecule has 4 heteroatoms. The quantitative estimate of drug-likeness (QED) is 0.839. The number of ether oxygens (including phenoxy) is 1. The van der Waals surface area contributed by atoms with E-state index < -0.39 is 0 Å². The van der Waals surface area contributed by atoms with Crippen LogP contribution < -0.4 is 9.64 Å². The molecule has 0 spiro atoms. The summed E-state index contributed by atoms with van der Waals surface area (Å²) in [6, 6.07) is 16.4. The first-order valence-corrected chi connectivity index (χ1v) is 8.89. The van der Waals surface area contributed by atoms with Crippen LogP contribution in [0.5, 0.6) is 5.75 Å². The van der Waals surface area contributed by atoms with Crippen molar-refractivity contribution in [2.75, 3.05) is 38.2 Å². The van der Waals surface area contributed by atoms with Gasteiger partial charge in [0.1, 0.15) is 5.75 Å². The molecule has 1 saturated heterocycles. The fraction of sp³-hybridized carbons (Fsp3) is 0.381. The van der Waals surface area contributed by atoms with E-state index in [-0.39, 0.29) is 5.91 Å². The van der Waals surface area contributed by atoms with E-state index in [4.69, 9.17) is 4.74 Å². The number of hydrogen-bond acceptors (Lipinski definition) is 3. The Balaban J connectivity index is 1.53. The van der Waals surface area contributed by atoms with E-state index in [1.165, 1.54) is 11.3 Å². The fourth-order valence-electron chi connectivity index (χ4n) is 3.42. The van der Waals surface area contributed by atoms with Crippen molar-refractivity contribution < 1.29 is 9.53 Å². The molecule has 1 heterocycles. The largest absolute Gasteiger partial charge is 0.496 e. The minimum atomic E-state index is 0.232. The van der Waals surface area contributed by atoms with Crippen LogP contribution in [0.25, 0.3) is 0 Å². The topological polar surface area (TPSA) is 32.8 Å². The molecular weight excluding hydrogens is 312 g/mol. The Kier molecular flexibility index (Phi) is 5.59. The van der Waals surface area contributed by atoms with Gasteiger partial charge in [-0.3, -0.25) is 4.79 Å². The van der Waals surface area contributed by atoms with E-state index >= 15 is 0 Å². The van der Waals surface area contributed by atoms with E-state index in [0.717, 1.165) is 43.9 Å². The molecule has 132 valence electrons. The number of amides is 1. The third-order valence-electron chi connectivity index (χ3n) is 4.89. The highest BCUT2D eigenvalue weighted by Gasteiger charge is 2.21. The van der Waals surface area contributed by atoms with Crippen LogP contribution in [-0.4, -0.2) is 44.1 Å². The maximum atomic E-state index is 12.5. The molecule has 3 rings (SSSR count). The van der Waals surface area contributed by atoms with E-state index in [0.29, 0.717) is 6.42 Å². The molecule has 0 unspecified atom stereocenters. The van der Waals surface area contributed by atoms with Crippen LogP contribution in [0, 0.1) is 6.92 Å². The maximum Gasteiger partial charge on any atom is 0.223 e. The van der Waals surface area contributed by atoms with Gasteiger partial charge in [-0.2, -0.15) is 0 Å². The van der Waals surface area contributed by atoms with Gasteiger partial charge >= 0.3 is 0 Å². The van der Waals surface area contributed by atoms with Crippen molar-refractivity contribution in [3.05, 3.63) is 59.7 Å². The van der Waals surface area contributed by atoms with Gasteiger partial charge in [-0.15, -0.1) is 0 Å². The molecule has 0 aromatic heterocycles. The van der Waals surface area contributed by atoms with Crippen molar-refractivity contribution in [2.45, 2.75) is 19.8 Å². The number of benzene rings is 2. The summed E-state index contributed by atoms with van der Waals surface area (Å²) in [5.41, 5.74) is 3.67. The van der Waals surface area contributed by atoms with Gasteiger partial charge in [-0.05, 0) is 36.6 Å². The number of aryl methyl sites for hydroxylation is 2. The summed E-state index contributed by atoms with van der Waals surface area (Å²) < 4.78 is 5.37. The molecule has 2 aromatic rings. The average molecular weight is 338 g/mol. The molecule has 4 nitrogen and oxygen atoms in total. The molecule has 0 aliphatic carbocycles. The highest BCUT2D eigenvalue weighted by molar-refractivity contribution is 5.77. The van der Waals surface area contributed by atoms with Crippen molar-refractivity contribution in [2.24, 2.45) is 0 Å². The molecule has 0 saturated carbocycles. The van der Waals surface area contributed by atoms with Crippen molar-refractivity contribution in [1.29, 1.82) is 0 Å². The van der Waals surface area contributed by atoms with Crippen LogP contribution in [0.3, 0.4) is 0 Å². The summed E-state index contributed by atoms with van der Waals surface area (Å²) in [5, 5.41) is 0. The zero-order valence-electron chi connectivity index (χ0n) is 15.1. The number of methoxy groups -OCH3 is 1. The predicted octanol–water partition coefficient (Wildman–Crippen LogP) is 3.29. The third-order valence-corrected chi connectivity index (χ3v) is 4.89. The van der Waals surface area contributed by atoms with E-state index in [1.807, 2.05) is 29.2 Å². The molecule has 0 radical (unpaired) electrons. The summed E-state index contributed by atoms with van der Waals surface area (Å²) in [5.74, 6) is 1.09. The lowest BCUT2D eigenvalue weighted by Gasteiger charge is -2.37. The Morgan fingerprint density at radius 3 is 2.40 bits per heavy atom. The van der Waals surface area contributed by atoms with Gasteiger partial charge in [-0.1, -0.05) is 36.4 Å². The van der Waals surface area contributed by atoms with Gasteiger partial charge in [-0.25, -0.2) is 0 Å². The molecule has 1 amide bonds. The van der Waals surface area contributed by atoms with Gasteiger partial charge in [0.2, 0.25) is 5.91 Å². The summed E-state index contributed by atoms with van der Waals surface area (Å²) >= 11 is 0. The zero-order chi connectivity index (χ0) is 17.6. The number of anilines is 1. The second-order valence-corrected chi connectivity index (χ2v) is 6.47. The van der Waals surface area contributed by atoms with Gasteiger partial charge in [0.25, 0.3) is 0 Å². The van der Waals surface area contributed by atoms with Gasteiger partial charge in [0.15, 0.2) is 0 Å². The number of rotatable bonds is 5. The third kappa shape index (κ3) is 4.13. The number of para-hydroxylation sites is 2. The smallest absolute Gasteiger partial charge is 0.223 e. The first kappa shape index (κ1) is 17.3. The Morgan fingerprint density at radius 1 is 1.00 bits per heavy atom. The monoisotopic (exact) mass is 338 g/mol. The zero-order valence-corrected chi connectivity index (χ0v) is 15.1. The first-order valence-electron chi connectivity index (χ1n) is 8.89. The Labute approximate surface area is 150 Å². The van der Waals surface area contributed by atoms with Crippen molar-refractivity contribution in [3.8, 4) is 5.75 Å². The maximum absolute atomic E-state index is 12.5. The molecule has 1 aliphatic heterocycles. The minimum absolute atomic E-state index is 0.232. The minimum Gasteiger partial charge on any atom is -0.496 e. The van der Waals surface area contributed by atoms with Crippen molar-refractivity contribution in [3.63, 3.8) is 0 Å². The molecule has 0 N–H and O–H groups in total. The second-order valence-electron chi connectivity index (χ2n) is 6.47. The molecule has 0 bridgehead atoms. The van der Waals surface area contributed by atoms with Crippen LogP contribution in [-0.2, 0) is 11.2 Å². The van der Waals surface area contributed by atoms with Crippen LogP contribution in [0.1, 0.15) is 17.5 Å². The highest BCUT2D eigenvalue weighted by Crippen LogP contribution is 2.22. The van der Waals surface area contributed by atoms with Gasteiger partial charge in [0, 0.05) is 38.3 Å². The summed E-state index contributed by atoms with van der Waals surface area (Å²) in [7, 11) is 1.67. The fourth-order valence-corrected chi connectivity index (χ4v) is 3.42. The predicted molar refractivity (Wildman–Crippen MR) is 101 cm³/mol. The summed E-state index contributed by atoms with van der Waals surface area (Å²) in [6.45, 7) is 5.51. The lowest BCUT2D eigenvalue weighted by Crippen LogP contribution is -2.49. The molecule has 0 atom stereocenters. The lowest BCUT2D eigenvalue weighted by atomic mass is 10.1. The van der Waals surface area contributed by atoms with Gasteiger partial charge in [0.05, 0.1) is 7.11 Å². The van der Waals surface area contributed by atoms with Crippen molar-refractivity contribution >= 4 is 11.6 Å². The SMILES string of the molecule is COc1ccccc1CCC(=O)N1CCN(c2ccccc2C)CC1. The number of nitrogens with zero attached hydrogens (tertiary/aromatic N) is 2. The van der Waals surface area contributed by atoms with Crippen LogP contribution in [0.4, 0.5) is 5.69 Å². The van der Waals surface area contributed by atoms with E-state index in [9.17, 15) is 4.79 Å². The molecule has 1 aliphatic rings. The first-order chi connectivity index (χ1) is 12.2. The van der Waals surface area contributed by atoms with Crippen molar-refractivity contribution in [1.82, 2.24) is 4.90 Å².